The third-order valence-electron chi connectivity index (χ3n) is 2.68. The van der Waals surface area contributed by atoms with Crippen molar-refractivity contribution in [2.45, 2.75) is 26.4 Å². The van der Waals surface area contributed by atoms with Crippen molar-refractivity contribution in [1.82, 2.24) is 10.6 Å². The molecule has 0 heterocycles. The third-order valence-corrected chi connectivity index (χ3v) is 2.68. The fourth-order valence-electron chi connectivity index (χ4n) is 1.47. The molecule has 7 nitrogen and oxygen atoms in total. The van der Waals surface area contributed by atoms with Gasteiger partial charge in [-0.05, 0) is 37.6 Å². The highest BCUT2D eigenvalue weighted by molar-refractivity contribution is 5.98. The molecule has 1 rings (SSSR count). The van der Waals surface area contributed by atoms with Crippen LogP contribution < -0.4 is 15.4 Å². The Balaban J connectivity index is 2.57. The van der Waals surface area contributed by atoms with E-state index in [0.717, 1.165) is 6.42 Å². The molecule has 22 heavy (non-hydrogen) atoms. The summed E-state index contributed by atoms with van der Waals surface area (Å²) < 4.78 is 10.4. The molecule has 0 radical (unpaired) electrons. The summed E-state index contributed by atoms with van der Waals surface area (Å²) in [5, 5.41) is 4.27. The van der Waals surface area contributed by atoms with Crippen molar-refractivity contribution in [3.8, 4) is 5.75 Å². The van der Waals surface area contributed by atoms with Crippen LogP contribution >= 0.6 is 0 Å². The van der Waals surface area contributed by atoms with Crippen molar-refractivity contribution in [2.24, 2.45) is 0 Å². The number of nitrogens with one attached hydrogen (secondary N) is 2. The van der Waals surface area contributed by atoms with Crippen molar-refractivity contribution in [2.75, 3.05) is 13.7 Å². The molecule has 0 unspecified atom stereocenters. The summed E-state index contributed by atoms with van der Waals surface area (Å²) in [6, 6.07) is 5.75. The van der Waals surface area contributed by atoms with Crippen LogP contribution in [0.4, 0.5) is 4.79 Å². The maximum Gasteiger partial charge on any atom is 0.338 e. The number of ether oxygens (including phenoxy) is 2. The molecule has 1 atom stereocenters. The Morgan fingerprint density at radius 2 is 1.82 bits per heavy atom. The molecular formula is C15H20N2O5. The van der Waals surface area contributed by atoms with Gasteiger partial charge in [-0.2, -0.15) is 0 Å². The second-order valence-corrected chi connectivity index (χ2v) is 4.49. The minimum Gasteiger partial charge on any atom is -0.494 e. The number of imide groups is 1. The molecule has 2 N–H and O–H groups in total. The summed E-state index contributed by atoms with van der Waals surface area (Å²) in [6.07, 6.45) is -0.192. The summed E-state index contributed by atoms with van der Waals surface area (Å²) in [5.41, 5.74) is 0.295. The van der Waals surface area contributed by atoms with E-state index in [0.29, 0.717) is 17.9 Å². The van der Waals surface area contributed by atoms with E-state index in [1.54, 1.807) is 24.3 Å². The van der Waals surface area contributed by atoms with Gasteiger partial charge in [0.15, 0.2) is 6.10 Å². The molecule has 0 aromatic heterocycles. The molecule has 0 fully saturated rings. The van der Waals surface area contributed by atoms with Crippen LogP contribution in [-0.2, 0) is 9.53 Å². The lowest BCUT2D eigenvalue weighted by atomic mass is 10.2. The Labute approximate surface area is 129 Å². The highest BCUT2D eigenvalue weighted by atomic mass is 16.5. The van der Waals surface area contributed by atoms with Gasteiger partial charge in [0.2, 0.25) is 0 Å². The van der Waals surface area contributed by atoms with Gasteiger partial charge in [0.25, 0.3) is 5.91 Å². The zero-order chi connectivity index (χ0) is 16.5. The molecule has 1 aromatic carbocycles. The van der Waals surface area contributed by atoms with Crippen LogP contribution in [0.1, 0.15) is 30.6 Å². The molecule has 0 saturated carbocycles. The van der Waals surface area contributed by atoms with Gasteiger partial charge in [0, 0.05) is 7.05 Å². The first-order valence-electron chi connectivity index (χ1n) is 6.94. The van der Waals surface area contributed by atoms with Crippen LogP contribution in [-0.4, -0.2) is 37.7 Å². The smallest absolute Gasteiger partial charge is 0.338 e. The topological polar surface area (TPSA) is 93.7 Å². The predicted octanol–water partition coefficient (Wildman–Crippen LogP) is 1.48. The van der Waals surface area contributed by atoms with Gasteiger partial charge in [-0.3, -0.25) is 10.1 Å². The van der Waals surface area contributed by atoms with Gasteiger partial charge >= 0.3 is 12.0 Å². The molecule has 0 spiro atoms. The number of hydrogen-bond acceptors (Lipinski definition) is 5. The first-order chi connectivity index (χ1) is 10.5. The number of benzene rings is 1. The first kappa shape index (κ1) is 17.5. The van der Waals surface area contributed by atoms with E-state index in [9.17, 15) is 14.4 Å². The lowest BCUT2D eigenvalue weighted by molar-refractivity contribution is -0.127. The number of carbonyl (C=O) groups excluding carboxylic acids is 3. The summed E-state index contributed by atoms with van der Waals surface area (Å²) >= 11 is 0. The fourth-order valence-corrected chi connectivity index (χ4v) is 1.47. The third kappa shape index (κ3) is 5.43. The Kier molecular flexibility index (Phi) is 6.88. The van der Waals surface area contributed by atoms with Crippen LogP contribution in [0.3, 0.4) is 0 Å². The van der Waals surface area contributed by atoms with Gasteiger partial charge < -0.3 is 14.8 Å². The maximum atomic E-state index is 11.9. The largest absolute Gasteiger partial charge is 0.494 e. The molecule has 120 valence electrons. The van der Waals surface area contributed by atoms with Crippen molar-refractivity contribution in [1.29, 1.82) is 0 Å². The van der Waals surface area contributed by atoms with E-state index in [-0.39, 0.29) is 0 Å². The van der Waals surface area contributed by atoms with Crippen LogP contribution in [0.25, 0.3) is 0 Å². The van der Waals surface area contributed by atoms with Crippen LogP contribution in [0.15, 0.2) is 24.3 Å². The predicted molar refractivity (Wildman–Crippen MR) is 79.7 cm³/mol. The summed E-state index contributed by atoms with van der Waals surface area (Å²) in [6.45, 7) is 3.98. The normalized spacial score (nSPS) is 11.2. The number of hydrogen-bond donors (Lipinski definition) is 2. The van der Waals surface area contributed by atoms with E-state index < -0.39 is 24.0 Å². The fraction of sp³-hybridized carbons (Fsp3) is 0.400. The molecule has 1 aromatic rings. The van der Waals surface area contributed by atoms with Gasteiger partial charge in [-0.25, -0.2) is 9.59 Å². The summed E-state index contributed by atoms with van der Waals surface area (Å²) in [5.74, 6) is -0.694. The van der Waals surface area contributed by atoms with Crippen LogP contribution in [0, 0.1) is 0 Å². The SMILES string of the molecule is CCCOc1ccc(C(=O)O[C@H](C)C(=O)NC(=O)NC)cc1. The number of urea groups is 1. The highest BCUT2D eigenvalue weighted by Gasteiger charge is 2.20. The monoisotopic (exact) mass is 308 g/mol. The lowest BCUT2D eigenvalue weighted by Gasteiger charge is -2.13. The number of amides is 3. The van der Waals surface area contributed by atoms with Crippen molar-refractivity contribution in [3.05, 3.63) is 29.8 Å². The molecule has 0 aliphatic carbocycles. The van der Waals surface area contributed by atoms with E-state index >= 15 is 0 Å². The zero-order valence-electron chi connectivity index (χ0n) is 12.8. The zero-order valence-corrected chi connectivity index (χ0v) is 12.8. The Hall–Kier alpha value is -2.57. The average molecular weight is 308 g/mol. The van der Waals surface area contributed by atoms with Gasteiger partial charge in [-0.15, -0.1) is 0 Å². The number of rotatable bonds is 6. The first-order valence-corrected chi connectivity index (χ1v) is 6.94. The van der Waals surface area contributed by atoms with Gasteiger partial charge in [-0.1, -0.05) is 6.92 Å². The van der Waals surface area contributed by atoms with Crippen LogP contribution in [0.2, 0.25) is 0 Å². The quantitative estimate of drug-likeness (QED) is 0.776. The van der Waals surface area contributed by atoms with Crippen LogP contribution in [0.5, 0.6) is 5.75 Å². The van der Waals surface area contributed by atoms with Gasteiger partial charge in [0.05, 0.1) is 12.2 Å². The Bertz CT molecular complexity index is 527. The molecular weight excluding hydrogens is 288 g/mol. The Morgan fingerprint density at radius 1 is 1.18 bits per heavy atom. The molecule has 0 saturated heterocycles. The van der Waals surface area contributed by atoms with Gasteiger partial charge in [0.1, 0.15) is 5.75 Å². The highest BCUT2D eigenvalue weighted by Crippen LogP contribution is 2.13. The minimum atomic E-state index is -1.08. The van der Waals surface area contributed by atoms with E-state index in [2.05, 4.69) is 5.32 Å². The molecule has 3 amide bonds. The minimum absolute atomic E-state index is 0.295. The number of carbonyl (C=O) groups is 3. The van der Waals surface area contributed by atoms with E-state index in [4.69, 9.17) is 9.47 Å². The Morgan fingerprint density at radius 3 is 2.36 bits per heavy atom. The molecule has 7 heteroatoms. The van der Waals surface area contributed by atoms with Crippen molar-refractivity contribution < 1.29 is 23.9 Å². The van der Waals surface area contributed by atoms with Crippen molar-refractivity contribution >= 4 is 17.9 Å². The average Bonchev–Trinajstić information content (AvgIpc) is 2.52. The maximum absolute atomic E-state index is 11.9. The molecule has 0 aliphatic heterocycles. The molecule has 0 bridgehead atoms. The molecule has 0 aliphatic rings. The van der Waals surface area contributed by atoms with Crippen molar-refractivity contribution in [3.63, 3.8) is 0 Å². The standard InChI is InChI=1S/C15H20N2O5/c1-4-9-21-12-7-5-11(6-8-12)14(19)22-10(2)13(18)17-15(20)16-3/h5-8,10H,4,9H2,1-3H3,(H2,16,17,18,20)/t10-/m1/s1. The summed E-state index contributed by atoms with van der Waals surface area (Å²) in [7, 11) is 1.38. The summed E-state index contributed by atoms with van der Waals surface area (Å²) in [4.78, 5) is 34.5. The lowest BCUT2D eigenvalue weighted by Crippen LogP contribution is -2.43. The second kappa shape index (κ2) is 8.66. The van der Waals surface area contributed by atoms with E-state index in [1.807, 2.05) is 12.2 Å². The number of esters is 1. The second-order valence-electron chi connectivity index (χ2n) is 4.49. The van der Waals surface area contributed by atoms with E-state index in [1.165, 1.54) is 14.0 Å².